The van der Waals surface area contributed by atoms with Crippen LogP contribution < -0.4 is 53.5 Å². The summed E-state index contributed by atoms with van der Waals surface area (Å²) in [5.74, 6) is 0. The second-order valence-electron chi connectivity index (χ2n) is 29.8. The first-order chi connectivity index (χ1) is 34.6. The molecule has 0 fully saturated rings. The molecule has 75 heavy (non-hydrogen) atoms. The predicted molar refractivity (Wildman–Crippen MR) is 349 cm³/mol. The van der Waals surface area contributed by atoms with E-state index in [9.17, 15) is 0 Å². The average molecular weight is 1000 g/mol. The lowest BCUT2D eigenvalue weighted by molar-refractivity contribution is 0.332. The Morgan fingerprint density at radius 1 is 0.440 bits per heavy atom. The fourth-order valence-corrected chi connectivity index (χ4v) is 15.3. The molecule has 0 atom stereocenters. The van der Waals surface area contributed by atoms with E-state index in [-0.39, 0.29) is 44.6 Å². The quantitative estimate of drug-likeness (QED) is 0.164. The van der Waals surface area contributed by atoms with Gasteiger partial charge in [0.05, 0.1) is 5.00 Å². The summed E-state index contributed by atoms with van der Waals surface area (Å²) in [6.45, 7) is 41.4. The van der Waals surface area contributed by atoms with Crippen LogP contribution in [0.4, 0.5) is 33.4 Å². The van der Waals surface area contributed by atoms with Gasteiger partial charge in [0.25, 0.3) is 6.71 Å². The lowest BCUT2D eigenvalue weighted by Gasteiger charge is -2.45. The Hall–Kier alpha value is -4.73. The van der Waals surface area contributed by atoms with Crippen LogP contribution in [0.5, 0.6) is 0 Å². The third kappa shape index (κ3) is 8.05. The van der Waals surface area contributed by atoms with E-state index in [2.05, 4.69) is 246 Å². The van der Waals surface area contributed by atoms with Gasteiger partial charge in [0.15, 0.2) is 0 Å². The first kappa shape index (κ1) is 52.3. The first-order valence-corrected chi connectivity index (χ1v) is 29.4. The van der Waals surface area contributed by atoms with Crippen molar-refractivity contribution in [2.75, 3.05) is 9.80 Å². The summed E-state index contributed by atoms with van der Waals surface area (Å²) in [4.78, 5) is 5.50. The molecule has 0 bridgehead atoms. The van der Waals surface area contributed by atoms with Crippen LogP contribution in [0.3, 0.4) is 0 Å². The molecule has 380 valence electrons. The van der Waals surface area contributed by atoms with E-state index >= 15 is 0 Å². The number of thiophene rings is 1. The second kappa shape index (κ2) is 16.6. The second-order valence-corrected chi connectivity index (χ2v) is 30.8. The van der Waals surface area contributed by atoms with E-state index in [4.69, 9.17) is 0 Å². The number of nitrogens with zero attached hydrogens (tertiary/aromatic N) is 2. The number of anilines is 6. The van der Waals surface area contributed by atoms with E-state index in [1.165, 1.54) is 163 Å². The number of hydrogen-bond donors (Lipinski definition) is 0. The van der Waals surface area contributed by atoms with Crippen molar-refractivity contribution in [3.05, 3.63) is 118 Å². The molecule has 0 saturated heterocycles. The minimum absolute atomic E-state index is 0.00616. The third-order valence-electron chi connectivity index (χ3n) is 19.8. The van der Waals surface area contributed by atoms with Crippen molar-refractivity contribution in [1.82, 2.24) is 0 Å². The van der Waals surface area contributed by atoms with Gasteiger partial charge >= 0.3 is 0 Å². The van der Waals surface area contributed by atoms with Crippen molar-refractivity contribution in [2.45, 2.75) is 181 Å². The maximum absolute atomic E-state index is 2.77. The van der Waals surface area contributed by atoms with Gasteiger partial charge in [0.1, 0.15) is 39.2 Å². The fourth-order valence-electron chi connectivity index (χ4n) is 14.0. The number of rotatable bonds is 3. The van der Waals surface area contributed by atoms with E-state index in [0.717, 1.165) is 0 Å². The highest BCUT2D eigenvalue weighted by molar-refractivity contribution is 7.26. The molecule has 6 aromatic carbocycles. The highest BCUT2D eigenvalue weighted by Crippen LogP contribution is 2.55. The molecule has 2 aliphatic carbocycles. The van der Waals surface area contributed by atoms with Gasteiger partial charge in [0.2, 0.25) is 0 Å². The summed E-state index contributed by atoms with van der Waals surface area (Å²) in [5.41, 5.74) is 30.6. The standard InChI is InChI=1S/C66H82B6N2S/c1-60(2,3)36-18-21-46-47(31-36)73(40-29-37(61(4,5)6)28-38(30-40)62(7,8)9)48-26-35(51-52(67)54(69)56(71)55(70)53(51)68)27-49-58(48)72(46)57-41-33-44-45(66(16,17)25-24-65(44,14)15)34-50(41)75-59(57)74(49)39-19-20-42-43(32-39)64(12,13)23-22-63(42,10)11/h18-21,26-34H,22-25,67-71H2,1-17H3. The molecule has 0 radical (unpaired) electrons. The lowest BCUT2D eigenvalue weighted by atomic mass is 9.33. The highest BCUT2D eigenvalue weighted by atomic mass is 32.1. The lowest BCUT2D eigenvalue weighted by Crippen LogP contribution is -2.61. The van der Waals surface area contributed by atoms with Crippen molar-refractivity contribution in [3.8, 4) is 11.1 Å². The van der Waals surface area contributed by atoms with Crippen LogP contribution in [0.15, 0.2) is 78.9 Å². The van der Waals surface area contributed by atoms with Gasteiger partial charge in [0, 0.05) is 33.1 Å². The molecule has 0 unspecified atom stereocenters. The molecule has 11 rings (SSSR count). The van der Waals surface area contributed by atoms with E-state index in [0.29, 0.717) is 0 Å². The van der Waals surface area contributed by atoms with Crippen molar-refractivity contribution < 1.29 is 0 Å². The number of benzene rings is 6. The Labute approximate surface area is 461 Å². The Balaban J connectivity index is 1.35. The first-order valence-electron chi connectivity index (χ1n) is 28.5. The van der Waals surface area contributed by atoms with Crippen LogP contribution in [0.1, 0.15) is 182 Å². The van der Waals surface area contributed by atoms with Gasteiger partial charge in [-0.25, -0.2) is 0 Å². The van der Waals surface area contributed by atoms with Gasteiger partial charge in [-0.2, -0.15) is 0 Å². The number of hydrogen-bond acceptors (Lipinski definition) is 3. The zero-order valence-corrected chi connectivity index (χ0v) is 51.0. The van der Waals surface area contributed by atoms with Gasteiger partial charge in [-0.15, -0.1) is 27.7 Å². The molecule has 0 spiro atoms. The van der Waals surface area contributed by atoms with Crippen LogP contribution in [0.2, 0.25) is 0 Å². The molecule has 0 N–H and O–H groups in total. The normalized spacial score (nSPS) is 18.1. The van der Waals surface area contributed by atoms with E-state index in [1.54, 1.807) is 0 Å². The Morgan fingerprint density at radius 3 is 1.45 bits per heavy atom. The topological polar surface area (TPSA) is 6.48 Å². The van der Waals surface area contributed by atoms with E-state index in [1.807, 2.05) is 11.3 Å². The maximum Gasteiger partial charge on any atom is 0.254 e. The minimum Gasteiger partial charge on any atom is -0.311 e. The molecule has 4 aliphatic rings. The SMILES string of the molecule is Bc1c(B)c(B)c(-c2cc3c4c(c2)N(c2ccc5c(c2)C(C)(C)CCC5(C)C)c2sc5cc6c(cc5c2B4c2ccc(C(C)(C)C)cc2N3c2cc(C(C)(C)C)cc(C(C)(C)C)c2)C(C)(C)CCC6(C)C)c(B)c1B. The molecule has 0 saturated carbocycles. The summed E-state index contributed by atoms with van der Waals surface area (Å²) in [7, 11) is 11.8. The maximum atomic E-state index is 2.77. The van der Waals surface area contributed by atoms with Crippen LogP contribution in [0, 0.1) is 0 Å². The Kier molecular flexibility index (Phi) is 11.6. The Morgan fingerprint density at radius 2 is 0.920 bits per heavy atom. The fraction of sp³-hybridized carbons (Fsp3) is 0.424. The summed E-state index contributed by atoms with van der Waals surface area (Å²) < 4.78 is 1.41. The van der Waals surface area contributed by atoms with Crippen molar-refractivity contribution in [2.24, 2.45) is 0 Å². The van der Waals surface area contributed by atoms with Gasteiger partial charge in [-0.05, 0) is 190 Å². The van der Waals surface area contributed by atoms with Gasteiger partial charge in [-0.3, -0.25) is 0 Å². The predicted octanol–water partition coefficient (Wildman–Crippen LogP) is 8.53. The Bertz CT molecular complexity index is 3530. The third-order valence-corrected chi connectivity index (χ3v) is 21.0. The molecule has 9 heteroatoms. The van der Waals surface area contributed by atoms with Crippen LogP contribution in [-0.4, -0.2) is 45.9 Å². The number of fused-ring (bicyclic) bond motifs is 8. The summed E-state index contributed by atoms with van der Waals surface area (Å²) in [6.07, 6.45) is 4.75. The van der Waals surface area contributed by atoms with Crippen molar-refractivity contribution >= 4 is 145 Å². The molecule has 2 aliphatic heterocycles. The van der Waals surface area contributed by atoms with E-state index < -0.39 is 0 Å². The van der Waals surface area contributed by atoms with Gasteiger partial charge < -0.3 is 9.80 Å². The average Bonchev–Trinajstić information content (AvgIpc) is 3.77. The highest BCUT2D eigenvalue weighted by Gasteiger charge is 2.48. The molecular formula is C66H82B6N2S. The molecule has 1 aromatic heterocycles. The monoisotopic (exact) mass is 1000 g/mol. The largest absolute Gasteiger partial charge is 0.311 e. The molecule has 3 heterocycles. The molecule has 2 nitrogen and oxygen atoms in total. The summed E-state index contributed by atoms with van der Waals surface area (Å²) >= 11 is 2.04. The zero-order valence-electron chi connectivity index (χ0n) is 50.2. The molecule has 7 aromatic rings. The summed E-state index contributed by atoms with van der Waals surface area (Å²) in [5, 5.41) is 2.79. The minimum atomic E-state index is -0.0611. The van der Waals surface area contributed by atoms with Crippen LogP contribution >= 0.6 is 11.3 Å². The molecule has 0 amide bonds. The zero-order chi connectivity index (χ0) is 54.4. The van der Waals surface area contributed by atoms with Crippen molar-refractivity contribution in [1.29, 1.82) is 0 Å². The van der Waals surface area contributed by atoms with Crippen LogP contribution in [-0.2, 0) is 37.9 Å². The smallest absolute Gasteiger partial charge is 0.254 e. The molecular weight excluding hydrogens is 918 g/mol. The van der Waals surface area contributed by atoms with Crippen LogP contribution in [0.25, 0.3) is 21.2 Å². The summed E-state index contributed by atoms with van der Waals surface area (Å²) in [6, 6.07) is 33.4. The van der Waals surface area contributed by atoms with Crippen molar-refractivity contribution in [3.63, 3.8) is 0 Å². The van der Waals surface area contributed by atoms with Gasteiger partial charge in [-0.1, -0.05) is 153 Å².